The summed E-state index contributed by atoms with van der Waals surface area (Å²) in [5.41, 5.74) is 0. The zero-order valence-corrected chi connectivity index (χ0v) is 21.4. The van der Waals surface area contributed by atoms with Crippen LogP contribution in [0.5, 0.6) is 0 Å². The standard InChI is InChI=1S/C26H50O4.ClH/c1-3-5-7-9-15-19-23-29-25(27)21-17-13-11-12-14-18-22-26(28)30-24-20-16-10-8-6-4-2;/h3-24H2,1-2H3;1H. The molecule has 0 rings (SSSR count). The number of rotatable bonds is 23. The molecule has 0 aromatic carbocycles. The molecule has 5 heteroatoms. The van der Waals surface area contributed by atoms with Crippen molar-refractivity contribution in [1.29, 1.82) is 0 Å². The van der Waals surface area contributed by atoms with Crippen molar-refractivity contribution in [2.45, 2.75) is 142 Å². The Kier molecular flexibility index (Phi) is 28.5. The van der Waals surface area contributed by atoms with Gasteiger partial charge in [-0.3, -0.25) is 9.59 Å². The van der Waals surface area contributed by atoms with E-state index in [1.54, 1.807) is 0 Å². The summed E-state index contributed by atoms with van der Waals surface area (Å²) in [6.45, 7) is 5.60. The van der Waals surface area contributed by atoms with Crippen LogP contribution >= 0.6 is 12.4 Å². The van der Waals surface area contributed by atoms with Gasteiger partial charge in [-0.2, -0.15) is 0 Å². The summed E-state index contributed by atoms with van der Waals surface area (Å²) in [6, 6.07) is 0. The molecule has 4 nitrogen and oxygen atoms in total. The molecule has 0 bridgehead atoms. The second kappa shape index (κ2) is 27.3. The highest BCUT2D eigenvalue weighted by molar-refractivity contribution is 5.85. The van der Waals surface area contributed by atoms with E-state index in [1.165, 1.54) is 64.2 Å². The van der Waals surface area contributed by atoms with Crippen molar-refractivity contribution in [1.82, 2.24) is 0 Å². The van der Waals surface area contributed by atoms with Gasteiger partial charge >= 0.3 is 11.9 Å². The molecule has 0 saturated heterocycles. The summed E-state index contributed by atoms with van der Waals surface area (Å²) in [7, 11) is 0. The molecule has 0 N–H and O–H groups in total. The van der Waals surface area contributed by atoms with Crippen LogP contribution in [0, 0.1) is 0 Å². The number of unbranched alkanes of at least 4 members (excludes halogenated alkanes) is 15. The van der Waals surface area contributed by atoms with Gasteiger partial charge in [-0.25, -0.2) is 0 Å². The molecular formula is C26H51ClO4. The maximum Gasteiger partial charge on any atom is 0.305 e. The average molecular weight is 463 g/mol. The van der Waals surface area contributed by atoms with Crippen LogP contribution in [0.2, 0.25) is 0 Å². The Morgan fingerprint density at radius 2 is 0.742 bits per heavy atom. The van der Waals surface area contributed by atoms with E-state index in [2.05, 4.69) is 13.8 Å². The zero-order chi connectivity index (χ0) is 22.1. The van der Waals surface area contributed by atoms with Gasteiger partial charge in [0.25, 0.3) is 0 Å². The van der Waals surface area contributed by atoms with Crippen LogP contribution in [0.3, 0.4) is 0 Å². The molecule has 0 aromatic heterocycles. The number of carbonyl (C=O) groups is 2. The number of hydrogen-bond acceptors (Lipinski definition) is 4. The molecule has 0 aromatic rings. The molecule has 31 heavy (non-hydrogen) atoms. The van der Waals surface area contributed by atoms with Crippen molar-refractivity contribution >= 4 is 24.3 Å². The first kappa shape index (κ1) is 32.4. The maximum atomic E-state index is 11.7. The SMILES string of the molecule is CCCCCCCCOC(=O)CCCCCCCCC(=O)OCCCCCCCC.Cl. The molecule has 0 saturated carbocycles. The summed E-state index contributed by atoms with van der Waals surface area (Å²) in [6.07, 6.45) is 21.9. The van der Waals surface area contributed by atoms with Crippen LogP contribution in [0.25, 0.3) is 0 Å². The highest BCUT2D eigenvalue weighted by Crippen LogP contribution is 2.11. The molecule has 0 aliphatic heterocycles. The Hall–Kier alpha value is -0.770. The van der Waals surface area contributed by atoms with Gasteiger partial charge in [0.1, 0.15) is 0 Å². The number of halogens is 1. The highest BCUT2D eigenvalue weighted by Gasteiger charge is 2.04. The van der Waals surface area contributed by atoms with Crippen molar-refractivity contribution in [3.8, 4) is 0 Å². The topological polar surface area (TPSA) is 52.6 Å². The lowest BCUT2D eigenvalue weighted by Crippen LogP contribution is -2.06. The quantitative estimate of drug-likeness (QED) is 0.113. The number of ether oxygens (including phenoxy) is 2. The highest BCUT2D eigenvalue weighted by atomic mass is 35.5. The van der Waals surface area contributed by atoms with Crippen molar-refractivity contribution in [3.63, 3.8) is 0 Å². The van der Waals surface area contributed by atoms with Crippen LogP contribution < -0.4 is 0 Å². The Balaban J connectivity index is 0. The third kappa shape index (κ3) is 27.2. The monoisotopic (exact) mass is 462 g/mol. The second-order valence-electron chi connectivity index (χ2n) is 8.60. The third-order valence-corrected chi connectivity index (χ3v) is 5.53. The first-order chi connectivity index (χ1) is 14.7. The fourth-order valence-electron chi connectivity index (χ4n) is 3.53. The summed E-state index contributed by atoms with van der Waals surface area (Å²) in [5.74, 6) is -0.0895. The van der Waals surface area contributed by atoms with E-state index in [9.17, 15) is 9.59 Å². The van der Waals surface area contributed by atoms with E-state index >= 15 is 0 Å². The zero-order valence-electron chi connectivity index (χ0n) is 20.6. The Labute approximate surface area is 199 Å². The lowest BCUT2D eigenvalue weighted by molar-refractivity contribution is -0.144. The molecule has 0 aliphatic rings. The fourth-order valence-corrected chi connectivity index (χ4v) is 3.53. The first-order valence-electron chi connectivity index (χ1n) is 13.0. The first-order valence-corrected chi connectivity index (χ1v) is 13.0. The predicted molar refractivity (Wildman–Crippen MR) is 133 cm³/mol. The van der Waals surface area contributed by atoms with E-state index < -0.39 is 0 Å². The van der Waals surface area contributed by atoms with E-state index in [1.807, 2.05) is 0 Å². The normalized spacial score (nSPS) is 10.5. The smallest absolute Gasteiger partial charge is 0.305 e. The lowest BCUT2D eigenvalue weighted by Gasteiger charge is -2.06. The molecule has 186 valence electrons. The van der Waals surface area contributed by atoms with Gasteiger partial charge in [0.15, 0.2) is 0 Å². The van der Waals surface area contributed by atoms with Gasteiger partial charge in [-0.1, -0.05) is 104 Å². The molecule has 0 aliphatic carbocycles. The van der Waals surface area contributed by atoms with Gasteiger partial charge in [0, 0.05) is 12.8 Å². The van der Waals surface area contributed by atoms with Crippen LogP contribution in [0.1, 0.15) is 142 Å². The number of hydrogen-bond donors (Lipinski definition) is 0. The van der Waals surface area contributed by atoms with Crippen molar-refractivity contribution < 1.29 is 19.1 Å². The van der Waals surface area contributed by atoms with Crippen LogP contribution in [0.15, 0.2) is 0 Å². The second-order valence-corrected chi connectivity index (χ2v) is 8.60. The van der Waals surface area contributed by atoms with Crippen LogP contribution in [0.4, 0.5) is 0 Å². The lowest BCUT2D eigenvalue weighted by atomic mass is 10.1. The summed E-state index contributed by atoms with van der Waals surface area (Å²) in [4.78, 5) is 23.4. The molecule has 0 heterocycles. The van der Waals surface area contributed by atoms with Gasteiger partial charge in [-0.15, -0.1) is 12.4 Å². The number of carbonyl (C=O) groups excluding carboxylic acids is 2. The minimum Gasteiger partial charge on any atom is -0.466 e. The average Bonchev–Trinajstić information content (AvgIpc) is 2.74. The fraction of sp³-hybridized carbons (Fsp3) is 0.923. The number of esters is 2. The Morgan fingerprint density at radius 3 is 1.10 bits per heavy atom. The van der Waals surface area contributed by atoms with Crippen molar-refractivity contribution in [2.75, 3.05) is 13.2 Å². The van der Waals surface area contributed by atoms with Crippen molar-refractivity contribution in [2.24, 2.45) is 0 Å². The molecule has 0 atom stereocenters. The van der Waals surface area contributed by atoms with E-state index in [0.717, 1.165) is 51.4 Å². The van der Waals surface area contributed by atoms with Gasteiger partial charge in [0.2, 0.25) is 0 Å². The van der Waals surface area contributed by atoms with Crippen LogP contribution in [-0.4, -0.2) is 25.2 Å². The Bertz CT molecular complexity index is 352. The molecule has 0 radical (unpaired) electrons. The van der Waals surface area contributed by atoms with Gasteiger partial charge < -0.3 is 9.47 Å². The predicted octanol–water partition coefficient (Wildman–Crippen LogP) is 8.34. The van der Waals surface area contributed by atoms with E-state index in [-0.39, 0.29) is 24.3 Å². The minimum absolute atomic E-state index is 0. The van der Waals surface area contributed by atoms with Gasteiger partial charge in [-0.05, 0) is 25.7 Å². The van der Waals surface area contributed by atoms with Gasteiger partial charge in [0.05, 0.1) is 13.2 Å². The summed E-state index contributed by atoms with van der Waals surface area (Å²) in [5, 5.41) is 0. The van der Waals surface area contributed by atoms with E-state index in [0.29, 0.717) is 26.1 Å². The molecular weight excluding hydrogens is 412 g/mol. The largest absolute Gasteiger partial charge is 0.466 e. The van der Waals surface area contributed by atoms with Crippen LogP contribution in [-0.2, 0) is 19.1 Å². The molecule has 0 unspecified atom stereocenters. The minimum atomic E-state index is -0.0448. The molecule has 0 fully saturated rings. The van der Waals surface area contributed by atoms with E-state index in [4.69, 9.17) is 9.47 Å². The summed E-state index contributed by atoms with van der Waals surface area (Å²) >= 11 is 0. The summed E-state index contributed by atoms with van der Waals surface area (Å²) < 4.78 is 10.6. The molecule has 0 spiro atoms. The maximum absolute atomic E-state index is 11.7. The third-order valence-electron chi connectivity index (χ3n) is 5.53. The van der Waals surface area contributed by atoms with Crippen molar-refractivity contribution in [3.05, 3.63) is 0 Å². The Morgan fingerprint density at radius 1 is 0.452 bits per heavy atom. The molecule has 0 amide bonds.